The second-order valence-corrected chi connectivity index (χ2v) is 4.06. The van der Waals surface area contributed by atoms with E-state index < -0.39 is 5.92 Å². The van der Waals surface area contributed by atoms with Crippen molar-refractivity contribution in [2.45, 2.75) is 38.0 Å². The third-order valence-electron chi connectivity index (χ3n) is 2.42. The molecule has 1 aliphatic carbocycles. The Bertz CT molecular complexity index is 189. The molecule has 76 valence electrons. The third kappa shape index (κ3) is 3.74. The lowest BCUT2D eigenvalue weighted by atomic mass is 9.85. The molecule has 0 saturated heterocycles. The molecule has 13 heavy (non-hydrogen) atoms. The minimum absolute atomic E-state index is 0.0594. The molecule has 0 unspecified atom stereocenters. The number of carbonyl (C=O) groups is 1. The summed E-state index contributed by atoms with van der Waals surface area (Å²) < 4.78 is 27.9. The Kier molecular flexibility index (Phi) is 3.87. The Hall–Kier alpha value is 0.0600. The highest BCUT2D eigenvalue weighted by molar-refractivity contribution is 14.1. The molecule has 1 amide bonds. The summed E-state index contributed by atoms with van der Waals surface area (Å²) in [5.74, 6) is -2.40. The third-order valence-corrected chi connectivity index (χ3v) is 3.02. The molecule has 1 fully saturated rings. The van der Waals surface area contributed by atoms with Crippen LogP contribution in [0.4, 0.5) is 8.78 Å². The summed E-state index contributed by atoms with van der Waals surface area (Å²) in [6.45, 7) is 0. The van der Waals surface area contributed by atoms with E-state index in [1.165, 1.54) is 0 Å². The Morgan fingerprint density at radius 1 is 1.46 bits per heavy atom. The van der Waals surface area contributed by atoms with Crippen molar-refractivity contribution in [2.24, 2.45) is 5.92 Å². The number of carbonyl (C=O) groups excluding carboxylic acids is 1. The first-order valence-corrected chi connectivity index (χ1v) is 5.39. The first-order valence-electron chi connectivity index (χ1n) is 4.31. The molecule has 1 N–H and O–H groups in total. The lowest BCUT2D eigenvalue weighted by molar-refractivity contribution is -0.121. The maximum Gasteiger partial charge on any atom is 0.248 e. The number of nitrogens with one attached hydrogen (secondary N) is 1. The number of rotatable bonds is 2. The van der Waals surface area contributed by atoms with Crippen molar-refractivity contribution in [2.75, 3.05) is 0 Å². The van der Waals surface area contributed by atoms with Gasteiger partial charge < -0.3 is 0 Å². The highest BCUT2D eigenvalue weighted by Crippen LogP contribution is 2.37. The van der Waals surface area contributed by atoms with E-state index in [1.807, 2.05) is 0 Å². The number of alkyl halides is 2. The zero-order valence-corrected chi connectivity index (χ0v) is 9.31. The quantitative estimate of drug-likeness (QED) is 0.617. The summed E-state index contributed by atoms with van der Waals surface area (Å²) in [6, 6.07) is 0. The van der Waals surface area contributed by atoms with E-state index >= 15 is 0 Å². The number of hydrogen-bond donors (Lipinski definition) is 1. The average Bonchev–Trinajstić information content (AvgIpc) is 2.08. The summed E-state index contributed by atoms with van der Waals surface area (Å²) in [5.41, 5.74) is 0. The van der Waals surface area contributed by atoms with Gasteiger partial charge in [-0.2, -0.15) is 0 Å². The molecular weight excluding hydrogens is 291 g/mol. The molecule has 1 aliphatic rings. The molecule has 0 aromatic heterocycles. The largest absolute Gasteiger partial charge is 0.299 e. The summed E-state index contributed by atoms with van der Waals surface area (Å²) >= 11 is 1.77. The average molecular weight is 303 g/mol. The lowest BCUT2D eigenvalue weighted by Gasteiger charge is -2.27. The van der Waals surface area contributed by atoms with Crippen LogP contribution in [-0.4, -0.2) is 11.8 Å². The van der Waals surface area contributed by atoms with Gasteiger partial charge in [-0.1, -0.05) is 0 Å². The first-order chi connectivity index (χ1) is 6.03. The minimum atomic E-state index is -2.49. The number of amides is 1. The van der Waals surface area contributed by atoms with Gasteiger partial charge >= 0.3 is 0 Å². The van der Waals surface area contributed by atoms with Crippen LogP contribution in [0.15, 0.2) is 0 Å². The number of halogens is 3. The van der Waals surface area contributed by atoms with E-state index in [4.69, 9.17) is 0 Å². The van der Waals surface area contributed by atoms with Gasteiger partial charge in [0.05, 0.1) is 22.9 Å². The summed E-state index contributed by atoms with van der Waals surface area (Å²) in [6.07, 6.45) is 1.20. The van der Waals surface area contributed by atoms with Crippen molar-refractivity contribution in [3.05, 3.63) is 0 Å². The van der Waals surface area contributed by atoms with Crippen LogP contribution in [0.1, 0.15) is 32.1 Å². The molecule has 0 aromatic rings. The van der Waals surface area contributed by atoms with Crippen LogP contribution in [0, 0.1) is 5.92 Å². The molecule has 1 saturated carbocycles. The first kappa shape index (κ1) is 11.1. The summed E-state index contributed by atoms with van der Waals surface area (Å²) in [7, 11) is 0. The molecule has 0 heterocycles. The second kappa shape index (κ2) is 4.52. The van der Waals surface area contributed by atoms with Crippen LogP contribution >= 0.6 is 22.9 Å². The van der Waals surface area contributed by atoms with Gasteiger partial charge in [-0.3, -0.25) is 8.32 Å². The van der Waals surface area contributed by atoms with Crippen molar-refractivity contribution < 1.29 is 13.6 Å². The van der Waals surface area contributed by atoms with Crippen LogP contribution in [0.3, 0.4) is 0 Å². The SMILES string of the molecule is O=C(CC1CCC(F)(F)CC1)NI. The molecule has 0 spiro atoms. The predicted molar refractivity (Wildman–Crippen MR) is 53.7 cm³/mol. The zero-order chi connectivity index (χ0) is 9.90. The maximum atomic E-state index is 12.7. The molecule has 5 heteroatoms. The van der Waals surface area contributed by atoms with E-state index in [0.29, 0.717) is 19.3 Å². The fourth-order valence-electron chi connectivity index (χ4n) is 1.60. The van der Waals surface area contributed by atoms with E-state index in [9.17, 15) is 13.6 Å². The Morgan fingerprint density at radius 3 is 2.46 bits per heavy atom. The lowest BCUT2D eigenvalue weighted by Crippen LogP contribution is -2.27. The van der Waals surface area contributed by atoms with Gasteiger partial charge in [-0.05, 0) is 18.8 Å². The molecule has 0 aliphatic heterocycles. The second-order valence-electron chi connectivity index (χ2n) is 3.52. The minimum Gasteiger partial charge on any atom is -0.299 e. The smallest absolute Gasteiger partial charge is 0.248 e. The molecule has 1 rings (SSSR count). The van der Waals surface area contributed by atoms with Crippen molar-refractivity contribution in [3.63, 3.8) is 0 Å². The van der Waals surface area contributed by atoms with Crippen molar-refractivity contribution >= 4 is 28.8 Å². The zero-order valence-electron chi connectivity index (χ0n) is 7.16. The van der Waals surface area contributed by atoms with Gasteiger partial charge in [0.25, 0.3) is 0 Å². The molecule has 0 radical (unpaired) electrons. The van der Waals surface area contributed by atoms with Gasteiger partial charge in [0, 0.05) is 19.3 Å². The fraction of sp³-hybridized carbons (Fsp3) is 0.875. The van der Waals surface area contributed by atoms with Gasteiger partial charge in [0.15, 0.2) is 0 Å². The van der Waals surface area contributed by atoms with Crippen molar-refractivity contribution in [1.82, 2.24) is 3.53 Å². The van der Waals surface area contributed by atoms with E-state index in [2.05, 4.69) is 3.53 Å². The summed E-state index contributed by atoms with van der Waals surface area (Å²) in [4.78, 5) is 10.9. The maximum absolute atomic E-state index is 12.7. The van der Waals surface area contributed by atoms with Crippen LogP contribution in [0.5, 0.6) is 0 Å². The highest BCUT2D eigenvalue weighted by Gasteiger charge is 2.35. The van der Waals surface area contributed by atoms with Gasteiger partial charge in [0.2, 0.25) is 11.8 Å². The Morgan fingerprint density at radius 2 is 2.00 bits per heavy atom. The standard InChI is InChI=1S/C8H12F2INO/c9-8(10)3-1-6(2-4-8)5-7(13)12-11/h6H,1-5H2,(H,12,13). The summed E-state index contributed by atoms with van der Waals surface area (Å²) in [5, 5.41) is 0. The topological polar surface area (TPSA) is 29.1 Å². The molecule has 2 nitrogen and oxygen atoms in total. The monoisotopic (exact) mass is 303 g/mol. The molecule has 0 atom stereocenters. The van der Waals surface area contributed by atoms with E-state index in [-0.39, 0.29) is 24.7 Å². The fourth-order valence-corrected chi connectivity index (χ4v) is 1.83. The van der Waals surface area contributed by atoms with E-state index in [1.54, 1.807) is 22.9 Å². The molecular formula is C8H12F2INO. The van der Waals surface area contributed by atoms with E-state index in [0.717, 1.165) is 0 Å². The highest BCUT2D eigenvalue weighted by atomic mass is 127. The van der Waals surface area contributed by atoms with Gasteiger partial charge in [-0.15, -0.1) is 0 Å². The Labute approximate surface area is 89.9 Å². The van der Waals surface area contributed by atoms with Crippen LogP contribution in [0.2, 0.25) is 0 Å². The molecule has 0 bridgehead atoms. The number of hydrogen-bond acceptors (Lipinski definition) is 1. The molecule has 0 aromatic carbocycles. The van der Waals surface area contributed by atoms with Crippen LogP contribution < -0.4 is 3.53 Å². The van der Waals surface area contributed by atoms with Crippen LogP contribution in [-0.2, 0) is 4.79 Å². The van der Waals surface area contributed by atoms with Gasteiger partial charge in [0.1, 0.15) is 0 Å². The normalized spacial score (nSPS) is 22.7. The predicted octanol–water partition coefficient (Wildman–Crippen LogP) is 2.67. The Balaban J connectivity index is 2.29. The van der Waals surface area contributed by atoms with Crippen molar-refractivity contribution in [1.29, 1.82) is 0 Å². The van der Waals surface area contributed by atoms with Gasteiger partial charge in [-0.25, -0.2) is 8.78 Å². The van der Waals surface area contributed by atoms with Crippen molar-refractivity contribution in [3.8, 4) is 0 Å². The van der Waals surface area contributed by atoms with Crippen LogP contribution in [0.25, 0.3) is 0 Å².